The third-order valence-corrected chi connectivity index (χ3v) is 3.85. The van der Waals surface area contributed by atoms with Gasteiger partial charge in [0.1, 0.15) is 11.6 Å². The fourth-order valence-electron chi connectivity index (χ4n) is 2.38. The molecule has 110 valence electrons. The first-order chi connectivity index (χ1) is 9.32. The van der Waals surface area contributed by atoms with Crippen molar-refractivity contribution in [2.24, 2.45) is 0 Å². The number of alkyl halides is 1. The van der Waals surface area contributed by atoms with Crippen LogP contribution in [0.5, 0.6) is 5.75 Å². The number of aromatic hydroxyl groups is 1. The van der Waals surface area contributed by atoms with Crippen LogP contribution >= 0.6 is 15.9 Å². The number of hydrogen-bond donors (Lipinski definition) is 1. The molecule has 1 N–H and O–H groups in total. The Labute approximate surface area is 125 Å². The van der Waals surface area contributed by atoms with Crippen molar-refractivity contribution in [1.82, 2.24) is 4.90 Å². The van der Waals surface area contributed by atoms with Gasteiger partial charge in [-0.1, -0.05) is 15.9 Å². The average Bonchev–Trinajstić information content (AvgIpc) is 2.36. The second-order valence-corrected chi connectivity index (χ2v) is 6.15. The molecule has 0 bridgehead atoms. The van der Waals surface area contributed by atoms with E-state index >= 15 is 0 Å². The molecule has 1 amide bonds. The highest BCUT2D eigenvalue weighted by Gasteiger charge is 2.36. The second-order valence-electron chi connectivity index (χ2n) is 5.50. The third kappa shape index (κ3) is 3.30. The number of phenols is 1. The zero-order chi connectivity index (χ0) is 14.9. The topological polar surface area (TPSA) is 49.8 Å². The fourth-order valence-corrected chi connectivity index (χ4v) is 2.72. The van der Waals surface area contributed by atoms with Gasteiger partial charge in [-0.15, -0.1) is 0 Å². The lowest BCUT2D eigenvalue weighted by atomic mass is 10.0. The first-order valence-corrected chi connectivity index (χ1v) is 7.46. The van der Waals surface area contributed by atoms with Crippen LogP contribution in [-0.4, -0.2) is 46.0 Å². The quantitative estimate of drug-likeness (QED) is 0.838. The number of carbonyl (C=O) groups is 1. The summed E-state index contributed by atoms with van der Waals surface area (Å²) in [4.78, 5) is 14.0. The van der Waals surface area contributed by atoms with Crippen molar-refractivity contribution in [3.8, 4) is 5.75 Å². The monoisotopic (exact) mass is 345 g/mol. The van der Waals surface area contributed by atoms with Gasteiger partial charge < -0.3 is 14.7 Å². The van der Waals surface area contributed by atoms with E-state index in [1.165, 1.54) is 12.1 Å². The maximum atomic E-state index is 13.8. The molecule has 20 heavy (non-hydrogen) atoms. The summed E-state index contributed by atoms with van der Waals surface area (Å²) in [5, 5.41) is 9.81. The number of carbonyl (C=O) groups excluding carboxylic acids is 1. The second kappa shape index (κ2) is 5.69. The fraction of sp³-hybridized carbons (Fsp3) is 0.500. The first kappa shape index (κ1) is 15.3. The summed E-state index contributed by atoms with van der Waals surface area (Å²) in [6, 6.07) is 3.56. The molecule has 0 radical (unpaired) electrons. The van der Waals surface area contributed by atoms with E-state index in [-0.39, 0.29) is 23.3 Å². The number of morpholine rings is 1. The molecule has 1 aliphatic rings. The van der Waals surface area contributed by atoms with Gasteiger partial charge in [-0.3, -0.25) is 4.79 Å². The molecule has 0 aromatic heterocycles. The Morgan fingerprint density at radius 1 is 1.60 bits per heavy atom. The summed E-state index contributed by atoms with van der Waals surface area (Å²) in [6.45, 7) is 4.61. The predicted octanol–water partition coefficient (Wildman–Crippen LogP) is 2.55. The van der Waals surface area contributed by atoms with Crippen LogP contribution in [0.25, 0.3) is 0 Å². The molecular formula is C14H17BrFNO3. The molecular weight excluding hydrogens is 329 g/mol. The van der Waals surface area contributed by atoms with Crippen molar-refractivity contribution < 1.29 is 19.0 Å². The number of phenolic OH excluding ortho intramolecular Hbond substituents is 1. The maximum absolute atomic E-state index is 13.8. The number of ether oxygens (including phenoxy) is 1. The summed E-state index contributed by atoms with van der Waals surface area (Å²) in [6.07, 6.45) is -0.122. The number of amides is 1. The first-order valence-electron chi connectivity index (χ1n) is 6.34. The molecule has 0 spiro atoms. The minimum atomic E-state index is -0.713. The Bertz CT molecular complexity index is 521. The average molecular weight is 346 g/mol. The van der Waals surface area contributed by atoms with E-state index in [1.807, 2.05) is 13.8 Å². The van der Waals surface area contributed by atoms with E-state index in [9.17, 15) is 14.3 Å². The van der Waals surface area contributed by atoms with Crippen LogP contribution < -0.4 is 0 Å². The standard InChI is InChI=1S/C14H17BrFNO3/c1-14(2)8-17(7-10(6-15)20-14)13(19)11-4-3-9(18)5-12(11)16/h3-5,10,18H,6-8H2,1-2H3. The van der Waals surface area contributed by atoms with Gasteiger partial charge >= 0.3 is 0 Å². The van der Waals surface area contributed by atoms with E-state index in [4.69, 9.17) is 4.74 Å². The zero-order valence-corrected chi connectivity index (χ0v) is 13.0. The largest absolute Gasteiger partial charge is 0.508 e. The molecule has 1 atom stereocenters. The number of hydrogen-bond acceptors (Lipinski definition) is 3. The van der Waals surface area contributed by atoms with Crippen LogP contribution in [0.3, 0.4) is 0 Å². The normalized spacial score (nSPS) is 21.8. The highest BCUT2D eigenvalue weighted by molar-refractivity contribution is 9.09. The molecule has 2 rings (SSSR count). The van der Waals surface area contributed by atoms with Crippen LogP contribution in [0.2, 0.25) is 0 Å². The van der Waals surface area contributed by atoms with Gasteiger partial charge in [-0.25, -0.2) is 4.39 Å². The maximum Gasteiger partial charge on any atom is 0.257 e. The molecule has 1 heterocycles. The van der Waals surface area contributed by atoms with Crippen LogP contribution in [0.1, 0.15) is 24.2 Å². The van der Waals surface area contributed by atoms with Gasteiger partial charge in [0.15, 0.2) is 0 Å². The van der Waals surface area contributed by atoms with E-state index in [0.29, 0.717) is 18.4 Å². The number of halogens is 2. The summed E-state index contributed by atoms with van der Waals surface area (Å²) in [7, 11) is 0. The molecule has 1 aromatic carbocycles. The molecule has 0 aliphatic carbocycles. The highest BCUT2D eigenvalue weighted by atomic mass is 79.9. The summed E-state index contributed by atoms with van der Waals surface area (Å²) in [5.74, 6) is -1.29. The van der Waals surface area contributed by atoms with Gasteiger partial charge in [0.05, 0.1) is 17.3 Å². The molecule has 6 heteroatoms. The summed E-state index contributed by atoms with van der Waals surface area (Å²) in [5.41, 5.74) is -0.506. The van der Waals surface area contributed by atoms with E-state index in [2.05, 4.69) is 15.9 Å². The summed E-state index contributed by atoms with van der Waals surface area (Å²) >= 11 is 3.35. The number of nitrogens with zero attached hydrogens (tertiary/aromatic N) is 1. The molecule has 1 saturated heterocycles. The number of rotatable bonds is 2. The molecule has 1 unspecified atom stereocenters. The van der Waals surface area contributed by atoms with E-state index in [0.717, 1.165) is 6.07 Å². The van der Waals surface area contributed by atoms with Crippen molar-refractivity contribution in [1.29, 1.82) is 0 Å². The van der Waals surface area contributed by atoms with Crippen LogP contribution in [0.4, 0.5) is 4.39 Å². The van der Waals surface area contributed by atoms with Crippen LogP contribution in [-0.2, 0) is 4.74 Å². The zero-order valence-electron chi connectivity index (χ0n) is 11.4. The van der Waals surface area contributed by atoms with Gasteiger partial charge in [0.25, 0.3) is 5.91 Å². The van der Waals surface area contributed by atoms with Gasteiger partial charge in [-0.05, 0) is 26.0 Å². The predicted molar refractivity (Wildman–Crippen MR) is 76.7 cm³/mol. The smallest absolute Gasteiger partial charge is 0.257 e. The molecule has 4 nitrogen and oxygen atoms in total. The Balaban J connectivity index is 2.23. The van der Waals surface area contributed by atoms with Crippen molar-refractivity contribution in [2.75, 3.05) is 18.4 Å². The number of benzene rings is 1. The van der Waals surface area contributed by atoms with Gasteiger partial charge in [0, 0.05) is 24.5 Å². The SMILES string of the molecule is CC1(C)CN(C(=O)c2ccc(O)cc2F)CC(CBr)O1. The van der Waals surface area contributed by atoms with Crippen LogP contribution in [0.15, 0.2) is 18.2 Å². The molecule has 0 saturated carbocycles. The Morgan fingerprint density at radius 3 is 2.90 bits per heavy atom. The third-order valence-electron chi connectivity index (χ3n) is 3.12. The minimum Gasteiger partial charge on any atom is -0.508 e. The lowest BCUT2D eigenvalue weighted by Crippen LogP contribution is -2.55. The lowest BCUT2D eigenvalue weighted by molar-refractivity contribution is -0.116. The van der Waals surface area contributed by atoms with Crippen molar-refractivity contribution in [2.45, 2.75) is 25.6 Å². The molecule has 1 aromatic rings. The van der Waals surface area contributed by atoms with Crippen molar-refractivity contribution in [3.63, 3.8) is 0 Å². The van der Waals surface area contributed by atoms with Crippen molar-refractivity contribution >= 4 is 21.8 Å². The molecule has 1 fully saturated rings. The lowest BCUT2D eigenvalue weighted by Gasteiger charge is -2.42. The molecule has 1 aliphatic heterocycles. The van der Waals surface area contributed by atoms with Gasteiger partial charge in [-0.2, -0.15) is 0 Å². The Morgan fingerprint density at radius 2 is 2.30 bits per heavy atom. The van der Waals surface area contributed by atoms with E-state index < -0.39 is 11.4 Å². The summed E-state index contributed by atoms with van der Waals surface area (Å²) < 4.78 is 19.6. The highest BCUT2D eigenvalue weighted by Crippen LogP contribution is 2.25. The minimum absolute atomic E-state index is 0.0335. The van der Waals surface area contributed by atoms with Crippen LogP contribution in [0, 0.1) is 5.82 Å². The van der Waals surface area contributed by atoms with E-state index in [1.54, 1.807) is 4.90 Å². The van der Waals surface area contributed by atoms with Gasteiger partial charge in [0.2, 0.25) is 0 Å². The van der Waals surface area contributed by atoms with Crippen molar-refractivity contribution in [3.05, 3.63) is 29.6 Å². The Kier molecular flexibility index (Phi) is 4.34. The Hall–Kier alpha value is -1.14.